The van der Waals surface area contributed by atoms with Crippen molar-refractivity contribution in [2.75, 3.05) is 0 Å². The molecule has 0 aliphatic carbocycles. The lowest BCUT2D eigenvalue weighted by Gasteiger charge is -2.20. The molecular weight excluding hydrogens is 262 g/mol. The Morgan fingerprint density at radius 1 is 1.33 bits per heavy atom. The van der Waals surface area contributed by atoms with E-state index in [2.05, 4.69) is 34.8 Å². The van der Waals surface area contributed by atoms with E-state index in [1.807, 2.05) is 39.8 Å². The number of carbonyl (C=O) groups excluding carboxylic acids is 1. The molecule has 2 aromatic rings. The Balaban J connectivity index is 2.26. The van der Waals surface area contributed by atoms with Gasteiger partial charge in [0.2, 0.25) is 5.91 Å². The standard InChI is InChI=1S/C17H25N3O/c1-11(2)20-12(3)18-14-9-13(7-8-15(14)20)10-16(21)19-17(4,5)6/h7-9,11H,10H2,1-6H3,(H,19,21). The quantitative estimate of drug-likeness (QED) is 0.940. The summed E-state index contributed by atoms with van der Waals surface area (Å²) in [7, 11) is 0. The van der Waals surface area contributed by atoms with Gasteiger partial charge in [-0.05, 0) is 59.2 Å². The molecule has 0 bridgehead atoms. The SMILES string of the molecule is Cc1nc2cc(CC(=O)NC(C)(C)C)ccc2n1C(C)C. The van der Waals surface area contributed by atoms with Crippen LogP contribution in [0.5, 0.6) is 0 Å². The molecule has 1 aromatic carbocycles. The van der Waals surface area contributed by atoms with E-state index in [4.69, 9.17) is 0 Å². The number of amides is 1. The minimum Gasteiger partial charge on any atom is -0.351 e. The Morgan fingerprint density at radius 2 is 2.00 bits per heavy atom. The van der Waals surface area contributed by atoms with E-state index in [0.717, 1.165) is 22.4 Å². The van der Waals surface area contributed by atoms with Gasteiger partial charge < -0.3 is 9.88 Å². The number of aryl methyl sites for hydroxylation is 1. The van der Waals surface area contributed by atoms with Crippen LogP contribution < -0.4 is 5.32 Å². The fourth-order valence-electron chi connectivity index (χ4n) is 2.67. The summed E-state index contributed by atoms with van der Waals surface area (Å²) in [6, 6.07) is 6.48. The average molecular weight is 287 g/mol. The van der Waals surface area contributed by atoms with Gasteiger partial charge in [0.25, 0.3) is 0 Å². The van der Waals surface area contributed by atoms with Gasteiger partial charge in [-0.2, -0.15) is 0 Å². The maximum Gasteiger partial charge on any atom is 0.224 e. The molecule has 114 valence electrons. The molecule has 0 radical (unpaired) electrons. The number of benzene rings is 1. The second-order valence-electron chi connectivity index (χ2n) is 6.92. The highest BCUT2D eigenvalue weighted by Gasteiger charge is 2.15. The minimum atomic E-state index is -0.197. The van der Waals surface area contributed by atoms with Crippen molar-refractivity contribution >= 4 is 16.9 Å². The summed E-state index contributed by atoms with van der Waals surface area (Å²) in [6.45, 7) is 12.3. The third-order valence-electron chi connectivity index (χ3n) is 3.33. The van der Waals surface area contributed by atoms with Gasteiger partial charge in [-0.3, -0.25) is 4.79 Å². The van der Waals surface area contributed by atoms with Gasteiger partial charge in [0.1, 0.15) is 5.82 Å². The smallest absolute Gasteiger partial charge is 0.224 e. The van der Waals surface area contributed by atoms with Crippen molar-refractivity contribution in [3.8, 4) is 0 Å². The Bertz CT molecular complexity index is 662. The number of rotatable bonds is 3. The third kappa shape index (κ3) is 3.63. The fourth-order valence-corrected chi connectivity index (χ4v) is 2.67. The van der Waals surface area contributed by atoms with Crippen LogP contribution in [0, 0.1) is 6.92 Å². The van der Waals surface area contributed by atoms with E-state index in [1.165, 1.54) is 0 Å². The van der Waals surface area contributed by atoms with Crippen LogP contribution in [-0.4, -0.2) is 21.0 Å². The molecule has 4 heteroatoms. The Morgan fingerprint density at radius 3 is 2.57 bits per heavy atom. The lowest BCUT2D eigenvalue weighted by Crippen LogP contribution is -2.41. The first-order valence-corrected chi connectivity index (χ1v) is 7.46. The molecule has 4 nitrogen and oxygen atoms in total. The number of nitrogens with zero attached hydrogens (tertiary/aromatic N) is 2. The lowest BCUT2D eigenvalue weighted by atomic mass is 10.1. The molecule has 0 spiro atoms. The summed E-state index contributed by atoms with van der Waals surface area (Å²) in [6.07, 6.45) is 0.390. The first kappa shape index (κ1) is 15.5. The highest BCUT2D eigenvalue weighted by atomic mass is 16.1. The largest absolute Gasteiger partial charge is 0.351 e. The normalized spacial score (nSPS) is 12.1. The van der Waals surface area contributed by atoms with Gasteiger partial charge in [0.05, 0.1) is 17.5 Å². The van der Waals surface area contributed by atoms with E-state index < -0.39 is 0 Å². The van der Waals surface area contributed by atoms with Gasteiger partial charge in [-0.25, -0.2) is 4.98 Å². The van der Waals surface area contributed by atoms with Crippen LogP contribution >= 0.6 is 0 Å². The zero-order valence-corrected chi connectivity index (χ0v) is 13.8. The van der Waals surface area contributed by atoms with Crippen molar-refractivity contribution in [3.63, 3.8) is 0 Å². The van der Waals surface area contributed by atoms with Crippen molar-refractivity contribution in [2.24, 2.45) is 0 Å². The Kier molecular flexibility index (Phi) is 4.08. The summed E-state index contributed by atoms with van der Waals surface area (Å²) in [5.41, 5.74) is 2.89. The molecule has 1 amide bonds. The molecule has 21 heavy (non-hydrogen) atoms. The van der Waals surface area contributed by atoms with Crippen LogP contribution in [-0.2, 0) is 11.2 Å². The predicted octanol–water partition coefficient (Wildman–Crippen LogP) is 3.38. The van der Waals surface area contributed by atoms with E-state index in [1.54, 1.807) is 0 Å². The van der Waals surface area contributed by atoms with Crippen molar-refractivity contribution in [1.82, 2.24) is 14.9 Å². The van der Waals surface area contributed by atoms with Crippen molar-refractivity contribution < 1.29 is 4.79 Å². The highest BCUT2D eigenvalue weighted by Crippen LogP contribution is 2.22. The van der Waals surface area contributed by atoms with Crippen LogP contribution in [0.3, 0.4) is 0 Å². The van der Waals surface area contributed by atoms with E-state index in [9.17, 15) is 4.79 Å². The van der Waals surface area contributed by atoms with Crippen molar-refractivity contribution in [3.05, 3.63) is 29.6 Å². The number of imidazole rings is 1. The number of hydrogen-bond acceptors (Lipinski definition) is 2. The Hall–Kier alpha value is -1.84. The van der Waals surface area contributed by atoms with Crippen LogP contribution in [0.25, 0.3) is 11.0 Å². The molecule has 0 saturated carbocycles. The molecule has 0 fully saturated rings. The highest BCUT2D eigenvalue weighted by molar-refractivity contribution is 5.82. The van der Waals surface area contributed by atoms with Crippen LogP contribution in [0.2, 0.25) is 0 Å². The first-order valence-electron chi connectivity index (χ1n) is 7.46. The Labute approximate surface area is 126 Å². The second-order valence-corrected chi connectivity index (χ2v) is 6.92. The van der Waals surface area contributed by atoms with Crippen LogP contribution in [0.1, 0.15) is 52.0 Å². The maximum atomic E-state index is 12.0. The van der Waals surface area contributed by atoms with E-state index in [0.29, 0.717) is 12.5 Å². The second kappa shape index (κ2) is 5.51. The summed E-state index contributed by atoms with van der Waals surface area (Å²) >= 11 is 0. The number of nitrogens with one attached hydrogen (secondary N) is 1. The van der Waals surface area contributed by atoms with Crippen molar-refractivity contribution in [2.45, 2.75) is 59.5 Å². The van der Waals surface area contributed by atoms with E-state index in [-0.39, 0.29) is 11.4 Å². The summed E-state index contributed by atoms with van der Waals surface area (Å²) in [5, 5.41) is 2.99. The molecular formula is C17H25N3O. The molecule has 2 rings (SSSR count). The summed E-state index contributed by atoms with van der Waals surface area (Å²) in [4.78, 5) is 16.6. The first-order chi connectivity index (χ1) is 9.67. The molecule has 0 aliphatic heterocycles. The van der Waals surface area contributed by atoms with Crippen LogP contribution in [0.15, 0.2) is 18.2 Å². The molecule has 0 unspecified atom stereocenters. The summed E-state index contributed by atoms with van der Waals surface area (Å²) in [5.74, 6) is 1.05. The van der Waals surface area contributed by atoms with Gasteiger partial charge in [-0.15, -0.1) is 0 Å². The molecule has 0 atom stereocenters. The summed E-state index contributed by atoms with van der Waals surface area (Å²) < 4.78 is 2.22. The van der Waals surface area contributed by atoms with Gasteiger partial charge in [-0.1, -0.05) is 6.07 Å². The topological polar surface area (TPSA) is 46.9 Å². The molecule has 0 aliphatic rings. The lowest BCUT2D eigenvalue weighted by molar-refractivity contribution is -0.121. The number of fused-ring (bicyclic) bond motifs is 1. The van der Waals surface area contributed by atoms with E-state index >= 15 is 0 Å². The molecule has 1 heterocycles. The van der Waals surface area contributed by atoms with Crippen molar-refractivity contribution in [1.29, 1.82) is 0 Å². The number of carbonyl (C=O) groups is 1. The zero-order chi connectivity index (χ0) is 15.8. The molecule has 1 aromatic heterocycles. The average Bonchev–Trinajstić information content (AvgIpc) is 2.61. The molecule has 0 saturated heterocycles. The fraction of sp³-hybridized carbons (Fsp3) is 0.529. The van der Waals surface area contributed by atoms with Gasteiger partial charge in [0.15, 0.2) is 0 Å². The van der Waals surface area contributed by atoms with Gasteiger partial charge >= 0.3 is 0 Å². The number of aromatic nitrogens is 2. The predicted molar refractivity (Wildman–Crippen MR) is 86.5 cm³/mol. The maximum absolute atomic E-state index is 12.0. The van der Waals surface area contributed by atoms with Gasteiger partial charge in [0, 0.05) is 11.6 Å². The monoisotopic (exact) mass is 287 g/mol. The minimum absolute atomic E-state index is 0.0434. The zero-order valence-electron chi connectivity index (χ0n) is 13.8. The molecule has 1 N–H and O–H groups in total. The van der Waals surface area contributed by atoms with Crippen LogP contribution in [0.4, 0.5) is 0 Å². The third-order valence-corrected chi connectivity index (χ3v) is 3.33. The number of hydrogen-bond donors (Lipinski definition) is 1.